The van der Waals surface area contributed by atoms with Crippen LogP contribution in [0.2, 0.25) is 0 Å². The summed E-state index contributed by atoms with van der Waals surface area (Å²) in [7, 11) is 0. The first kappa shape index (κ1) is 21.9. The predicted molar refractivity (Wildman–Crippen MR) is 124 cm³/mol. The molecule has 4 rings (SSSR count). The first-order chi connectivity index (χ1) is 17.0. The van der Waals surface area contributed by atoms with Crippen LogP contribution in [-0.2, 0) is 15.7 Å². The van der Waals surface area contributed by atoms with Crippen LogP contribution in [0.3, 0.4) is 0 Å². The summed E-state index contributed by atoms with van der Waals surface area (Å²) < 4.78 is 64.1. The third-order valence-electron chi connectivity index (χ3n) is 6.40. The van der Waals surface area contributed by atoms with Gasteiger partial charge in [-0.3, -0.25) is 4.79 Å². The second-order valence-corrected chi connectivity index (χ2v) is 8.96. The minimum atomic E-state index is -4.56. The molecule has 2 aliphatic rings. The number of aromatic nitrogens is 2. The maximum atomic E-state index is 13.7. The molecule has 7 nitrogen and oxygen atoms in total. The zero-order valence-electron chi connectivity index (χ0n) is 21.3. The first-order valence-corrected chi connectivity index (χ1v) is 11.4. The SMILES string of the molecule is [2H]CC([2H])(C)c1cnc2c(NC3CCN(C[C@@H]4CN(C(=O)C=C)CCO4)CC3)cc(C(F)(F)F)cn12. The number of hydrogen-bond acceptors (Lipinski definition) is 5. The molecule has 1 N–H and O–H groups in total. The van der Waals surface area contributed by atoms with Gasteiger partial charge in [0.1, 0.15) is 0 Å². The standard InChI is InChI=1S/C24H32F3N5O2/c1-4-22(33)31-9-10-34-19(15-31)14-30-7-5-18(6-8-30)29-20-11-17(24(25,26)27)13-32-21(16(2)3)12-28-23(20)32/h4,11-13,16,18-19,29H,1,5-10,14-15H2,2-3H3/t19-/m1/s1/i2D,16D/t16?,19-. The molecule has 0 radical (unpaired) electrons. The number of carbonyl (C=O) groups is 1. The number of hydrogen-bond donors (Lipinski definition) is 1. The van der Waals surface area contributed by atoms with Crippen LogP contribution in [0.1, 0.15) is 46.6 Å². The minimum Gasteiger partial charge on any atom is -0.379 e. The molecule has 34 heavy (non-hydrogen) atoms. The fourth-order valence-corrected chi connectivity index (χ4v) is 4.59. The van der Waals surface area contributed by atoms with Crippen molar-refractivity contribution >= 4 is 17.2 Å². The largest absolute Gasteiger partial charge is 0.417 e. The fraction of sp³-hybridized carbons (Fsp3) is 0.583. The highest BCUT2D eigenvalue weighted by molar-refractivity contribution is 5.87. The Labute approximate surface area is 200 Å². The number of amides is 1. The molecule has 2 fully saturated rings. The highest BCUT2D eigenvalue weighted by Crippen LogP contribution is 2.34. The molecule has 10 heteroatoms. The van der Waals surface area contributed by atoms with Crippen molar-refractivity contribution in [1.29, 1.82) is 0 Å². The number of alkyl halides is 3. The van der Waals surface area contributed by atoms with Gasteiger partial charge in [-0.25, -0.2) is 4.98 Å². The Kier molecular flexibility index (Phi) is 6.41. The number of imidazole rings is 1. The second-order valence-electron chi connectivity index (χ2n) is 8.96. The summed E-state index contributed by atoms with van der Waals surface area (Å²) in [6, 6.07) is 1.03. The smallest absolute Gasteiger partial charge is 0.379 e. The maximum Gasteiger partial charge on any atom is 0.417 e. The van der Waals surface area contributed by atoms with Gasteiger partial charge in [-0.05, 0) is 30.9 Å². The highest BCUT2D eigenvalue weighted by Gasteiger charge is 2.33. The van der Waals surface area contributed by atoms with Gasteiger partial charge in [0.25, 0.3) is 0 Å². The van der Waals surface area contributed by atoms with Gasteiger partial charge in [0.15, 0.2) is 5.65 Å². The molecule has 0 aromatic carbocycles. The lowest BCUT2D eigenvalue weighted by Crippen LogP contribution is -2.51. The maximum absolute atomic E-state index is 13.7. The van der Waals surface area contributed by atoms with Crippen molar-refractivity contribution in [3.8, 4) is 0 Å². The van der Waals surface area contributed by atoms with E-state index in [9.17, 15) is 18.0 Å². The van der Waals surface area contributed by atoms with E-state index >= 15 is 0 Å². The van der Waals surface area contributed by atoms with Gasteiger partial charge in [0.2, 0.25) is 5.91 Å². The number of pyridine rings is 1. The van der Waals surface area contributed by atoms with Crippen molar-refractivity contribution in [2.75, 3.05) is 44.6 Å². The number of halogens is 3. The number of anilines is 1. The van der Waals surface area contributed by atoms with Gasteiger partial charge in [0.05, 0.1) is 24.0 Å². The number of rotatable bonds is 6. The molecular formula is C24H32F3N5O2. The molecule has 0 saturated carbocycles. The highest BCUT2D eigenvalue weighted by atomic mass is 19.4. The minimum absolute atomic E-state index is 0.0432. The lowest BCUT2D eigenvalue weighted by Gasteiger charge is -2.38. The van der Waals surface area contributed by atoms with Gasteiger partial charge in [-0.2, -0.15) is 13.2 Å². The summed E-state index contributed by atoms with van der Waals surface area (Å²) in [5.41, 5.74) is -0.00425. The number of carbonyl (C=O) groups excluding carboxylic acids is 1. The number of piperidine rings is 1. The Morgan fingerprint density at radius 1 is 1.44 bits per heavy atom. The molecule has 1 amide bonds. The van der Waals surface area contributed by atoms with E-state index in [-0.39, 0.29) is 36.3 Å². The van der Waals surface area contributed by atoms with Gasteiger partial charge in [0, 0.05) is 59.6 Å². The van der Waals surface area contributed by atoms with Crippen LogP contribution in [0, 0.1) is 0 Å². The first-order valence-electron chi connectivity index (χ1n) is 12.6. The Morgan fingerprint density at radius 3 is 2.88 bits per heavy atom. The normalized spacial score (nSPS) is 23.3. The third-order valence-corrected chi connectivity index (χ3v) is 6.40. The van der Waals surface area contributed by atoms with Crippen LogP contribution in [0.4, 0.5) is 18.9 Å². The average molecular weight is 482 g/mol. The van der Waals surface area contributed by atoms with Gasteiger partial charge in [-0.1, -0.05) is 20.4 Å². The number of nitrogens with zero attached hydrogens (tertiary/aromatic N) is 4. The summed E-state index contributed by atoms with van der Waals surface area (Å²) in [4.78, 5) is 20.2. The van der Waals surface area contributed by atoms with E-state index in [1.807, 2.05) is 0 Å². The monoisotopic (exact) mass is 481 g/mol. The Balaban J connectivity index is 1.44. The summed E-state index contributed by atoms with van der Waals surface area (Å²) in [6.07, 6.45) is 0.449. The molecule has 0 bridgehead atoms. The molecule has 1 unspecified atom stereocenters. The van der Waals surface area contributed by atoms with Crippen LogP contribution < -0.4 is 5.32 Å². The molecular weight excluding hydrogens is 447 g/mol. The van der Waals surface area contributed by atoms with E-state index in [1.54, 1.807) is 4.90 Å². The predicted octanol–water partition coefficient (Wildman–Crippen LogP) is 3.77. The fourth-order valence-electron chi connectivity index (χ4n) is 4.59. The second kappa shape index (κ2) is 9.95. The van der Waals surface area contributed by atoms with E-state index in [4.69, 9.17) is 7.48 Å². The zero-order chi connectivity index (χ0) is 26.1. The molecule has 186 valence electrons. The summed E-state index contributed by atoms with van der Waals surface area (Å²) in [6.45, 7) is 8.44. The van der Waals surface area contributed by atoms with E-state index in [0.717, 1.165) is 38.2 Å². The number of morpholine rings is 1. The molecule has 2 aromatic heterocycles. The van der Waals surface area contributed by atoms with Gasteiger partial charge < -0.3 is 24.3 Å². The van der Waals surface area contributed by atoms with Crippen LogP contribution >= 0.6 is 0 Å². The Bertz CT molecular complexity index is 1100. The third kappa shape index (κ3) is 5.38. The zero-order valence-corrected chi connectivity index (χ0v) is 19.3. The van der Waals surface area contributed by atoms with Crippen LogP contribution in [0.5, 0.6) is 0 Å². The Morgan fingerprint density at radius 2 is 2.21 bits per heavy atom. The number of ether oxygens (including phenoxy) is 1. The van der Waals surface area contributed by atoms with Crippen LogP contribution in [-0.4, -0.2) is 76.6 Å². The van der Waals surface area contributed by atoms with Crippen LogP contribution in [0.25, 0.3) is 5.65 Å². The van der Waals surface area contributed by atoms with Crippen LogP contribution in [0.15, 0.2) is 31.1 Å². The molecule has 2 aromatic rings. The molecule has 2 saturated heterocycles. The lowest BCUT2D eigenvalue weighted by molar-refractivity contribution is -0.138. The summed E-state index contributed by atoms with van der Waals surface area (Å²) in [5.74, 6) is -1.49. The van der Waals surface area contributed by atoms with Crippen molar-refractivity contribution in [1.82, 2.24) is 19.2 Å². The van der Waals surface area contributed by atoms with E-state index in [1.165, 1.54) is 23.6 Å². The number of likely N-dealkylation sites (tertiary alicyclic amines) is 1. The number of nitrogens with one attached hydrogen (secondary N) is 1. The Hall–Kier alpha value is -2.59. The molecule has 2 aliphatic heterocycles. The van der Waals surface area contributed by atoms with E-state index < -0.39 is 17.6 Å². The van der Waals surface area contributed by atoms with Crippen molar-refractivity contribution in [2.45, 2.75) is 50.9 Å². The van der Waals surface area contributed by atoms with Gasteiger partial charge >= 0.3 is 6.18 Å². The van der Waals surface area contributed by atoms with Crippen molar-refractivity contribution < 1.29 is 25.4 Å². The quantitative estimate of drug-likeness (QED) is 0.637. The topological polar surface area (TPSA) is 62.1 Å². The molecule has 4 heterocycles. The van der Waals surface area contributed by atoms with Crippen molar-refractivity contribution in [3.05, 3.63) is 42.4 Å². The molecule has 0 spiro atoms. The number of fused-ring (bicyclic) bond motifs is 1. The van der Waals surface area contributed by atoms with Crippen molar-refractivity contribution in [3.63, 3.8) is 0 Å². The van der Waals surface area contributed by atoms with E-state index in [2.05, 4.69) is 21.8 Å². The molecule has 0 aliphatic carbocycles. The van der Waals surface area contributed by atoms with Crippen molar-refractivity contribution in [2.24, 2.45) is 0 Å². The summed E-state index contributed by atoms with van der Waals surface area (Å²) >= 11 is 0. The summed E-state index contributed by atoms with van der Waals surface area (Å²) in [5, 5.41) is 3.26. The van der Waals surface area contributed by atoms with Gasteiger partial charge in [-0.15, -0.1) is 0 Å². The molecule has 2 atom stereocenters. The average Bonchev–Trinajstić information content (AvgIpc) is 3.30. The van der Waals surface area contributed by atoms with E-state index in [0.29, 0.717) is 31.9 Å². The lowest BCUT2D eigenvalue weighted by atomic mass is 10.0.